The van der Waals surface area contributed by atoms with Crippen LogP contribution in [0.15, 0.2) is 35.6 Å². The summed E-state index contributed by atoms with van der Waals surface area (Å²) in [5, 5.41) is 0.0766. The van der Waals surface area contributed by atoms with Crippen LogP contribution in [-0.4, -0.2) is 73.1 Å². The molecule has 2 aliphatic rings. The van der Waals surface area contributed by atoms with Crippen LogP contribution in [0.5, 0.6) is 0 Å². The molecule has 1 saturated carbocycles. The first-order valence-electron chi connectivity index (χ1n) is 12.2. The highest BCUT2D eigenvalue weighted by atomic mass is 32.2. The van der Waals surface area contributed by atoms with Crippen LogP contribution in [0.2, 0.25) is 0 Å². The van der Waals surface area contributed by atoms with Gasteiger partial charge in [0.05, 0.1) is 37.4 Å². The van der Waals surface area contributed by atoms with Gasteiger partial charge >= 0.3 is 0 Å². The maximum Gasteiger partial charge on any atom is 0.228 e. The van der Waals surface area contributed by atoms with E-state index in [0.29, 0.717) is 13.1 Å². The first-order valence-corrected chi connectivity index (χ1v) is 13.8. The molecule has 1 saturated heterocycles. The maximum absolute atomic E-state index is 13.4. The molecule has 0 radical (unpaired) electrons. The van der Waals surface area contributed by atoms with Crippen molar-refractivity contribution in [3.63, 3.8) is 0 Å². The van der Waals surface area contributed by atoms with Gasteiger partial charge in [0.1, 0.15) is 0 Å². The average molecular weight is 489 g/mol. The van der Waals surface area contributed by atoms with Gasteiger partial charge < -0.3 is 14.2 Å². The number of benzene rings is 1. The van der Waals surface area contributed by atoms with Crippen molar-refractivity contribution >= 4 is 15.7 Å². The monoisotopic (exact) mass is 488 g/mol. The summed E-state index contributed by atoms with van der Waals surface area (Å²) in [6.45, 7) is 10.8. The van der Waals surface area contributed by atoms with Gasteiger partial charge in [-0.05, 0) is 44.7 Å². The third kappa shape index (κ3) is 5.87. The summed E-state index contributed by atoms with van der Waals surface area (Å²) in [5.74, 6) is 0.170. The minimum absolute atomic E-state index is 0.0766. The average Bonchev–Trinajstić information content (AvgIpc) is 3.57. The number of ether oxygens (including phenoxy) is 1. The molecule has 0 N–H and O–H groups in total. The van der Waals surface area contributed by atoms with E-state index in [9.17, 15) is 13.2 Å². The number of aryl methyl sites for hydroxylation is 1. The number of carbonyl (C=O) groups is 1. The minimum Gasteiger partial charge on any atom is -0.379 e. The second kappa shape index (κ2) is 10.6. The minimum atomic E-state index is -3.65. The normalized spacial score (nSPS) is 17.3. The summed E-state index contributed by atoms with van der Waals surface area (Å²) in [4.78, 5) is 21.7. The second-order valence-corrected chi connectivity index (χ2v) is 11.6. The summed E-state index contributed by atoms with van der Waals surface area (Å²) >= 11 is 0. The number of carbonyl (C=O) groups excluding carboxylic acids is 1. The second-order valence-electron chi connectivity index (χ2n) is 9.67. The predicted octanol–water partition coefficient (Wildman–Crippen LogP) is 2.82. The molecule has 0 atom stereocenters. The lowest BCUT2D eigenvalue weighted by Crippen LogP contribution is -2.43. The highest BCUT2D eigenvalue weighted by Gasteiger charge is 2.34. The van der Waals surface area contributed by atoms with Crippen molar-refractivity contribution in [3.8, 4) is 0 Å². The first kappa shape index (κ1) is 24.9. The van der Waals surface area contributed by atoms with Crippen molar-refractivity contribution in [2.75, 3.05) is 39.4 Å². The van der Waals surface area contributed by atoms with Crippen LogP contribution in [0.3, 0.4) is 0 Å². The Hall–Kier alpha value is -2.23. The van der Waals surface area contributed by atoms with Crippen molar-refractivity contribution in [1.29, 1.82) is 0 Å². The number of nitrogens with zero attached hydrogens (tertiary/aromatic N) is 4. The van der Waals surface area contributed by atoms with Crippen molar-refractivity contribution in [3.05, 3.63) is 47.3 Å². The highest BCUT2D eigenvalue weighted by molar-refractivity contribution is 7.90. The Labute approximate surface area is 202 Å². The van der Waals surface area contributed by atoms with E-state index in [4.69, 9.17) is 4.74 Å². The summed E-state index contributed by atoms with van der Waals surface area (Å²) in [6.07, 6.45) is 3.51. The summed E-state index contributed by atoms with van der Waals surface area (Å²) in [7, 11) is -3.65. The largest absolute Gasteiger partial charge is 0.379 e. The van der Waals surface area contributed by atoms with Crippen LogP contribution in [-0.2, 0) is 31.7 Å². The van der Waals surface area contributed by atoms with Crippen LogP contribution in [0.25, 0.3) is 0 Å². The number of morpholine rings is 1. The van der Waals surface area contributed by atoms with Crippen molar-refractivity contribution < 1.29 is 17.9 Å². The van der Waals surface area contributed by atoms with Gasteiger partial charge in [0.15, 0.2) is 0 Å². The topological polar surface area (TPSA) is 84.7 Å². The Morgan fingerprint density at radius 3 is 2.56 bits per heavy atom. The van der Waals surface area contributed by atoms with Crippen molar-refractivity contribution in [1.82, 2.24) is 19.4 Å². The lowest BCUT2D eigenvalue weighted by molar-refractivity contribution is -0.133. The Bertz CT molecular complexity index is 1100. The first-order chi connectivity index (χ1) is 16.3. The quantitative estimate of drug-likeness (QED) is 0.511. The number of imidazole rings is 1. The van der Waals surface area contributed by atoms with Crippen LogP contribution in [0.4, 0.5) is 0 Å². The fourth-order valence-electron chi connectivity index (χ4n) is 4.46. The molecule has 1 aromatic carbocycles. The van der Waals surface area contributed by atoms with E-state index in [1.54, 1.807) is 10.8 Å². The zero-order valence-corrected chi connectivity index (χ0v) is 21.3. The maximum atomic E-state index is 13.4. The lowest BCUT2D eigenvalue weighted by atomic mass is 10.1. The molecule has 1 aromatic heterocycles. The van der Waals surface area contributed by atoms with E-state index in [1.165, 1.54) is 0 Å². The standard InChI is InChI=1S/C25H36N4O4S/c1-19(2)29-23(16-26-25(29)34(31,32)18-22-7-5-4-6-20(22)3)17-28(24(30)21-8-9-21)11-10-27-12-14-33-15-13-27/h4-7,16,19,21H,8-15,17-18H2,1-3H3. The summed E-state index contributed by atoms with van der Waals surface area (Å²) in [6, 6.07) is 7.42. The zero-order chi connectivity index (χ0) is 24.3. The van der Waals surface area contributed by atoms with Gasteiger partial charge in [-0.15, -0.1) is 0 Å². The zero-order valence-electron chi connectivity index (χ0n) is 20.4. The summed E-state index contributed by atoms with van der Waals surface area (Å²) in [5.41, 5.74) is 2.48. The molecular weight excluding hydrogens is 452 g/mol. The molecule has 4 rings (SSSR count). The third-order valence-electron chi connectivity index (χ3n) is 6.62. The van der Waals surface area contributed by atoms with E-state index in [1.807, 2.05) is 49.9 Å². The fourth-order valence-corrected chi connectivity index (χ4v) is 6.16. The number of hydrogen-bond donors (Lipinski definition) is 0. The number of aromatic nitrogens is 2. The molecule has 9 heteroatoms. The van der Waals surface area contributed by atoms with Gasteiger partial charge in [0.25, 0.3) is 0 Å². The van der Waals surface area contributed by atoms with Crippen LogP contribution < -0.4 is 0 Å². The van der Waals surface area contributed by atoms with E-state index in [-0.39, 0.29) is 28.8 Å². The molecule has 1 aliphatic heterocycles. The van der Waals surface area contributed by atoms with Crippen LogP contribution in [0, 0.1) is 12.8 Å². The smallest absolute Gasteiger partial charge is 0.228 e. The van der Waals surface area contributed by atoms with E-state index in [0.717, 1.165) is 62.5 Å². The van der Waals surface area contributed by atoms with Gasteiger partial charge in [0.2, 0.25) is 20.9 Å². The molecule has 186 valence electrons. The lowest BCUT2D eigenvalue weighted by Gasteiger charge is -2.30. The van der Waals surface area contributed by atoms with Gasteiger partial charge in [-0.1, -0.05) is 24.3 Å². The van der Waals surface area contributed by atoms with E-state index < -0.39 is 9.84 Å². The molecule has 8 nitrogen and oxygen atoms in total. The molecule has 34 heavy (non-hydrogen) atoms. The van der Waals surface area contributed by atoms with Gasteiger partial charge in [0, 0.05) is 38.1 Å². The molecule has 2 aromatic rings. The number of sulfone groups is 1. The number of hydrogen-bond acceptors (Lipinski definition) is 6. The Kier molecular flexibility index (Phi) is 7.74. The molecule has 0 spiro atoms. The van der Waals surface area contributed by atoms with Gasteiger partial charge in [-0.2, -0.15) is 0 Å². The molecule has 1 aliphatic carbocycles. The number of rotatable bonds is 10. The molecule has 0 bridgehead atoms. The molecule has 2 fully saturated rings. The predicted molar refractivity (Wildman–Crippen MR) is 130 cm³/mol. The van der Waals surface area contributed by atoms with Crippen molar-refractivity contribution in [2.45, 2.75) is 57.1 Å². The highest BCUT2D eigenvalue weighted by Crippen LogP contribution is 2.32. The molecular formula is C25H36N4O4S. The van der Waals surface area contributed by atoms with Crippen molar-refractivity contribution in [2.24, 2.45) is 5.92 Å². The molecule has 1 amide bonds. The summed E-state index contributed by atoms with van der Waals surface area (Å²) < 4.78 is 34.0. The third-order valence-corrected chi connectivity index (χ3v) is 8.17. The van der Waals surface area contributed by atoms with Gasteiger partial charge in [-0.3, -0.25) is 9.69 Å². The molecule has 2 heterocycles. The van der Waals surface area contributed by atoms with Crippen LogP contribution in [0.1, 0.15) is 49.6 Å². The SMILES string of the molecule is Cc1ccccc1CS(=O)(=O)c1ncc(CN(CCN2CCOCC2)C(=O)C2CC2)n1C(C)C. The van der Waals surface area contributed by atoms with E-state index in [2.05, 4.69) is 9.88 Å². The fraction of sp³-hybridized carbons (Fsp3) is 0.600. The Morgan fingerprint density at radius 1 is 1.21 bits per heavy atom. The Morgan fingerprint density at radius 2 is 1.91 bits per heavy atom. The Balaban J connectivity index is 1.56. The van der Waals surface area contributed by atoms with Gasteiger partial charge in [-0.25, -0.2) is 13.4 Å². The molecule has 0 unspecified atom stereocenters. The van der Waals surface area contributed by atoms with Crippen LogP contribution >= 0.6 is 0 Å². The number of amides is 1. The van der Waals surface area contributed by atoms with E-state index >= 15 is 0 Å².